The molecule has 4 heteroatoms. The fourth-order valence-corrected chi connectivity index (χ4v) is 0.968. The van der Waals surface area contributed by atoms with Gasteiger partial charge in [-0.15, -0.1) is 0 Å². The highest BCUT2D eigenvalue weighted by Gasteiger charge is 1.89. The highest BCUT2D eigenvalue weighted by atomic mass is 19.1. The molecule has 0 heterocycles. The number of benzene rings is 1. The number of hydrazine groups is 1. The Morgan fingerprint density at radius 1 is 1.40 bits per heavy atom. The molecule has 15 heavy (non-hydrogen) atoms. The molecule has 0 aliphatic carbocycles. The van der Waals surface area contributed by atoms with Crippen LogP contribution in [0, 0.1) is 5.82 Å². The van der Waals surface area contributed by atoms with E-state index in [-0.39, 0.29) is 11.7 Å². The predicted molar refractivity (Wildman–Crippen MR) is 56.9 cm³/mol. The summed E-state index contributed by atoms with van der Waals surface area (Å²) < 4.78 is 12.7. The third-order valence-corrected chi connectivity index (χ3v) is 1.64. The Kier molecular flexibility index (Phi) is 4.25. The van der Waals surface area contributed by atoms with Crippen LogP contribution in [0.2, 0.25) is 0 Å². The van der Waals surface area contributed by atoms with Crippen LogP contribution >= 0.6 is 0 Å². The van der Waals surface area contributed by atoms with Crippen molar-refractivity contribution in [3.05, 3.63) is 53.9 Å². The van der Waals surface area contributed by atoms with E-state index in [1.807, 2.05) is 5.43 Å². The lowest BCUT2D eigenvalue weighted by Crippen LogP contribution is -2.27. The molecule has 1 rings (SSSR count). The van der Waals surface area contributed by atoms with E-state index >= 15 is 0 Å². The Bertz CT molecular complexity index is 399. The second-order valence-corrected chi connectivity index (χ2v) is 2.78. The van der Waals surface area contributed by atoms with Crippen molar-refractivity contribution in [2.75, 3.05) is 0 Å². The van der Waals surface area contributed by atoms with Crippen molar-refractivity contribution in [3.63, 3.8) is 0 Å². The number of carbonyl (C=O) groups excluding carboxylic acids is 1. The zero-order chi connectivity index (χ0) is 11.1. The first-order valence-electron chi connectivity index (χ1n) is 4.33. The smallest absolute Gasteiger partial charge is 0.257 e. The van der Waals surface area contributed by atoms with E-state index in [0.29, 0.717) is 0 Å². The topological polar surface area (TPSA) is 55.1 Å². The van der Waals surface area contributed by atoms with E-state index in [1.165, 1.54) is 24.3 Å². The van der Waals surface area contributed by atoms with Crippen molar-refractivity contribution in [2.45, 2.75) is 0 Å². The molecule has 0 fully saturated rings. The molecule has 1 amide bonds. The highest BCUT2D eigenvalue weighted by Crippen LogP contribution is 2.05. The maximum Gasteiger partial charge on any atom is 0.257 e. The van der Waals surface area contributed by atoms with Crippen molar-refractivity contribution in [2.24, 2.45) is 5.84 Å². The largest absolute Gasteiger partial charge is 0.291 e. The number of carbonyl (C=O) groups is 1. The van der Waals surface area contributed by atoms with Crippen molar-refractivity contribution < 1.29 is 9.18 Å². The lowest BCUT2D eigenvalue weighted by molar-refractivity contribution is -0.116. The molecule has 3 nitrogen and oxygen atoms in total. The molecule has 1 aromatic carbocycles. The van der Waals surface area contributed by atoms with Crippen molar-refractivity contribution in [1.82, 2.24) is 5.43 Å². The molecule has 0 radical (unpaired) electrons. The van der Waals surface area contributed by atoms with Gasteiger partial charge >= 0.3 is 0 Å². The van der Waals surface area contributed by atoms with Gasteiger partial charge in [-0.3, -0.25) is 10.2 Å². The van der Waals surface area contributed by atoms with Gasteiger partial charge in [-0.1, -0.05) is 30.4 Å². The van der Waals surface area contributed by atoms with Crippen LogP contribution in [0.25, 0.3) is 6.08 Å². The van der Waals surface area contributed by atoms with Gasteiger partial charge < -0.3 is 0 Å². The van der Waals surface area contributed by atoms with Crippen LogP contribution in [0.15, 0.2) is 42.5 Å². The molecule has 0 saturated heterocycles. The van der Waals surface area contributed by atoms with E-state index in [1.54, 1.807) is 24.3 Å². The molecule has 0 aliphatic heterocycles. The first kappa shape index (κ1) is 11.1. The summed E-state index contributed by atoms with van der Waals surface area (Å²) in [5.41, 5.74) is 2.68. The summed E-state index contributed by atoms with van der Waals surface area (Å²) in [5, 5.41) is 0. The number of allylic oxidation sites excluding steroid dienone is 2. The third-order valence-electron chi connectivity index (χ3n) is 1.64. The number of rotatable bonds is 3. The Balaban J connectivity index is 2.59. The molecule has 0 aromatic heterocycles. The SMILES string of the molecule is NNC(=O)/C=C/C=C/c1cccc(F)c1. The molecule has 0 saturated carbocycles. The normalized spacial score (nSPS) is 11.1. The second-order valence-electron chi connectivity index (χ2n) is 2.78. The van der Waals surface area contributed by atoms with E-state index in [2.05, 4.69) is 0 Å². The Hall–Kier alpha value is -1.94. The van der Waals surface area contributed by atoms with Crippen LogP contribution in [0.3, 0.4) is 0 Å². The summed E-state index contributed by atoms with van der Waals surface area (Å²) in [6.07, 6.45) is 6.11. The van der Waals surface area contributed by atoms with Gasteiger partial charge in [0.2, 0.25) is 0 Å². The van der Waals surface area contributed by atoms with Gasteiger partial charge in [-0.2, -0.15) is 0 Å². The molecule has 0 bridgehead atoms. The first-order chi connectivity index (χ1) is 7.22. The molecule has 3 N–H and O–H groups in total. The summed E-state index contributed by atoms with van der Waals surface area (Å²) in [4.78, 5) is 10.7. The number of hydrogen-bond acceptors (Lipinski definition) is 2. The zero-order valence-corrected chi connectivity index (χ0v) is 7.98. The predicted octanol–water partition coefficient (Wildman–Crippen LogP) is 1.39. The molecule has 1 aromatic rings. The van der Waals surface area contributed by atoms with Crippen LogP contribution < -0.4 is 11.3 Å². The third kappa shape index (κ3) is 4.19. The van der Waals surface area contributed by atoms with Gasteiger partial charge in [0.05, 0.1) is 0 Å². The molecular formula is C11H11FN2O. The van der Waals surface area contributed by atoms with E-state index in [4.69, 9.17) is 5.84 Å². The second kappa shape index (κ2) is 5.72. The van der Waals surface area contributed by atoms with Gasteiger partial charge in [-0.25, -0.2) is 10.2 Å². The van der Waals surface area contributed by atoms with Gasteiger partial charge in [0.25, 0.3) is 5.91 Å². The van der Waals surface area contributed by atoms with Gasteiger partial charge in [-0.05, 0) is 17.7 Å². The van der Waals surface area contributed by atoms with Crippen LogP contribution in [0.5, 0.6) is 0 Å². The summed E-state index contributed by atoms with van der Waals surface area (Å²) in [5.74, 6) is 4.18. The summed E-state index contributed by atoms with van der Waals surface area (Å²) in [7, 11) is 0. The van der Waals surface area contributed by atoms with Crippen molar-refractivity contribution >= 4 is 12.0 Å². The van der Waals surface area contributed by atoms with E-state index in [0.717, 1.165) is 5.56 Å². The number of halogens is 1. The molecular weight excluding hydrogens is 195 g/mol. The molecule has 0 unspecified atom stereocenters. The minimum absolute atomic E-state index is 0.291. The standard InChI is InChI=1S/C11H11FN2O/c12-10-6-3-5-9(8-10)4-1-2-7-11(15)14-13/h1-8H,13H2,(H,14,15)/b4-1+,7-2+. The monoisotopic (exact) mass is 206 g/mol. The molecule has 0 atom stereocenters. The summed E-state index contributed by atoms with van der Waals surface area (Å²) in [6, 6.07) is 6.14. The maximum atomic E-state index is 12.7. The Morgan fingerprint density at radius 3 is 2.87 bits per heavy atom. The Labute approximate surface area is 87.1 Å². The van der Waals surface area contributed by atoms with Crippen LogP contribution in [-0.4, -0.2) is 5.91 Å². The zero-order valence-electron chi connectivity index (χ0n) is 7.98. The fourth-order valence-electron chi connectivity index (χ4n) is 0.968. The lowest BCUT2D eigenvalue weighted by Gasteiger charge is -1.91. The number of hydrogen-bond donors (Lipinski definition) is 2. The average Bonchev–Trinajstić information content (AvgIpc) is 2.24. The molecule has 0 spiro atoms. The fraction of sp³-hybridized carbons (Fsp3) is 0. The van der Waals surface area contributed by atoms with E-state index < -0.39 is 0 Å². The molecule has 78 valence electrons. The van der Waals surface area contributed by atoms with Crippen LogP contribution in [0.1, 0.15) is 5.56 Å². The van der Waals surface area contributed by atoms with Gasteiger partial charge in [0.1, 0.15) is 5.82 Å². The summed E-state index contributed by atoms with van der Waals surface area (Å²) in [6.45, 7) is 0. The number of amides is 1. The number of nitrogens with two attached hydrogens (primary N) is 1. The van der Waals surface area contributed by atoms with Crippen molar-refractivity contribution in [3.8, 4) is 0 Å². The summed E-state index contributed by atoms with van der Waals surface area (Å²) >= 11 is 0. The first-order valence-corrected chi connectivity index (χ1v) is 4.33. The number of nitrogens with one attached hydrogen (secondary N) is 1. The Morgan fingerprint density at radius 2 is 2.20 bits per heavy atom. The maximum absolute atomic E-state index is 12.7. The van der Waals surface area contributed by atoms with Gasteiger partial charge in [0, 0.05) is 6.08 Å². The average molecular weight is 206 g/mol. The van der Waals surface area contributed by atoms with Crippen molar-refractivity contribution in [1.29, 1.82) is 0 Å². The minimum atomic E-state index is -0.390. The van der Waals surface area contributed by atoms with Gasteiger partial charge in [0.15, 0.2) is 0 Å². The molecule has 0 aliphatic rings. The minimum Gasteiger partial charge on any atom is -0.291 e. The van der Waals surface area contributed by atoms with Crippen LogP contribution in [0.4, 0.5) is 4.39 Å². The van der Waals surface area contributed by atoms with E-state index in [9.17, 15) is 9.18 Å². The van der Waals surface area contributed by atoms with Crippen LogP contribution in [-0.2, 0) is 4.79 Å². The quantitative estimate of drug-likeness (QED) is 0.258. The highest BCUT2D eigenvalue weighted by molar-refractivity contribution is 5.87. The lowest BCUT2D eigenvalue weighted by atomic mass is 10.2.